The Morgan fingerprint density at radius 3 is 2.83 bits per heavy atom. The van der Waals surface area contributed by atoms with Crippen LogP contribution in [0.4, 0.5) is 0 Å². The number of aromatic amines is 1. The fraction of sp³-hybridized carbons (Fsp3) is 0.417. The number of fused-ring (bicyclic) bond motifs is 1. The van der Waals surface area contributed by atoms with E-state index in [9.17, 15) is 4.79 Å². The highest BCUT2D eigenvalue weighted by molar-refractivity contribution is 5.57. The van der Waals surface area contributed by atoms with Crippen LogP contribution in [0.25, 0.3) is 5.65 Å². The number of methoxy groups -OCH3 is 1. The third-order valence-electron chi connectivity index (χ3n) is 2.89. The van der Waals surface area contributed by atoms with Crippen LogP contribution in [0, 0.1) is 18.3 Å². The van der Waals surface area contributed by atoms with E-state index in [4.69, 9.17) is 10.00 Å². The van der Waals surface area contributed by atoms with Gasteiger partial charge in [0.2, 0.25) is 0 Å². The molecule has 1 N–H and O–H groups in total. The standard InChI is InChI=1S/C12H14N4O2/c1-4-8-10(6-18-3)14-11-9(5-13)7(2)15-16(11)12(8)17/h15H,4,6H2,1-3H3. The first-order chi connectivity index (χ1) is 8.63. The van der Waals surface area contributed by atoms with Gasteiger partial charge in [0, 0.05) is 12.7 Å². The largest absolute Gasteiger partial charge is 0.378 e. The fourth-order valence-corrected chi connectivity index (χ4v) is 2.01. The molecule has 0 atom stereocenters. The summed E-state index contributed by atoms with van der Waals surface area (Å²) in [6.07, 6.45) is 0.577. The summed E-state index contributed by atoms with van der Waals surface area (Å²) in [5, 5.41) is 12.0. The highest BCUT2D eigenvalue weighted by atomic mass is 16.5. The van der Waals surface area contributed by atoms with Crippen molar-refractivity contribution in [1.82, 2.24) is 14.6 Å². The van der Waals surface area contributed by atoms with E-state index in [-0.39, 0.29) is 12.2 Å². The maximum Gasteiger partial charge on any atom is 0.276 e. The summed E-state index contributed by atoms with van der Waals surface area (Å²) in [5.41, 5.74) is 2.44. The molecule has 2 aromatic rings. The molecule has 0 aliphatic heterocycles. The molecule has 0 bridgehead atoms. The molecule has 2 rings (SSSR count). The van der Waals surface area contributed by atoms with Crippen LogP contribution in [0.5, 0.6) is 0 Å². The number of ether oxygens (including phenoxy) is 1. The molecule has 0 saturated carbocycles. The first-order valence-corrected chi connectivity index (χ1v) is 5.66. The molecule has 0 unspecified atom stereocenters. The highest BCUT2D eigenvalue weighted by Gasteiger charge is 2.16. The fourth-order valence-electron chi connectivity index (χ4n) is 2.01. The lowest BCUT2D eigenvalue weighted by Crippen LogP contribution is -2.22. The molecule has 0 amide bonds. The molecule has 18 heavy (non-hydrogen) atoms. The molecule has 0 fully saturated rings. The Hall–Kier alpha value is -2.13. The smallest absolute Gasteiger partial charge is 0.276 e. The summed E-state index contributed by atoms with van der Waals surface area (Å²) in [7, 11) is 1.55. The second kappa shape index (κ2) is 4.63. The van der Waals surface area contributed by atoms with Crippen LogP contribution in [-0.4, -0.2) is 21.7 Å². The number of nitrogens with zero attached hydrogens (tertiary/aromatic N) is 3. The summed E-state index contributed by atoms with van der Waals surface area (Å²) >= 11 is 0. The van der Waals surface area contributed by atoms with Crippen LogP contribution in [0.2, 0.25) is 0 Å². The molecule has 0 aliphatic rings. The summed E-state index contributed by atoms with van der Waals surface area (Å²) in [6, 6.07) is 2.06. The second-order valence-corrected chi connectivity index (χ2v) is 4.01. The number of aromatic nitrogens is 3. The minimum Gasteiger partial charge on any atom is -0.378 e. The second-order valence-electron chi connectivity index (χ2n) is 4.01. The minimum atomic E-state index is -0.167. The van der Waals surface area contributed by atoms with E-state index in [0.717, 1.165) is 0 Å². The quantitative estimate of drug-likeness (QED) is 0.872. The maximum atomic E-state index is 12.3. The lowest BCUT2D eigenvalue weighted by atomic mass is 10.2. The lowest BCUT2D eigenvalue weighted by molar-refractivity contribution is 0.180. The normalized spacial score (nSPS) is 10.8. The van der Waals surface area contributed by atoms with Crippen molar-refractivity contribution in [2.24, 2.45) is 0 Å². The molecule has 0 saturated heterocycles. The SMILES string of the molecule is CCc1c(COC)nc2c(C#N)c(C)[nH]n2c1=O. The van der Waals surface area contributed by atoms with Crippen molar-refractivity contribution in [2.45, 2.75) is 26.9 Å². The average Bonchev–Trinajstić information content (AvgIpc) is 2.66. The lowest BCUT2D eigenvalue weighted by Gasteiger charge is -2.05. The van der Waals surface area contributed by atoms with E-state index >= 15 is 0 Å². The molecule has 6 nitrogen and oxygen atoms in total. The number of nitriles is 1. The van der Waals surface area contributed by atoms with E-state index < -0.39 is 0 Å². The van der Waals surface area contributed by atoms with Gasteiger partial charge in [0.1, 0.15) is 11.6 Å². The molecule has 94 valence electrons. The van der Waals surface area contributed by atoms with Crippen molar-refractivity contribution >= 4 is 5.65 Å². The van der Waals surface area contributed by atoms with E-state index in [2.05, 4.69) is 16.2 Å². The van der Waals surface area contributed by atoms with Gasteiger partial charge in [-0.15, -0.1) is 0 Å². The summed E-state index contributed by atoms with van der Waals surface area (Å²) in [5.74, 6) is 0. The first kappa shape index (κ1) is 12.3. The molecule has 2 aromatic heterocycles. The zero-order valence-electron chi connectivity index (χ0n) is 10.6. The van der Waals surface area contributed by atoms with Gasteiger partial charge >= 0.3 is 0 Å². The van der Waals surface area contributed by atoms with Gasteiger partial charge in [0.15, 0.2) is 5.65 Å². The van der Waals surface area contributed by atoms with Crippen molar-refractivity contribution in [1.29, 1.82) is 5.26 Å². The number of hydrogen-bond acceptors (Lipinski definition) is 4. The zero-order chi connectivity index (χ0) is 13.3. The van der Waals surface area contributed by atoms with E-state index in [1.165, 1.54) is 4.52 Å². The van der Waals surface area contributed by atoms with Gasteiger partial charge in [-0.05, 0) is 13.3 Å². The van der Waals surface area contributed by atoms with Gasteiger partial charge in [0.25, 0.3) is 5.56 Å². The summed E-state index contributed by atoms with van der Waals surface area (Å²) in [6.45, 7) is 3.91. The van der Waals surface area contributed by atoms with Gasteiger partial charge < -0.3 is 4.74 Å². The van der Waals surface area contributed by atoms with E-state index in [1.807, 2.05) is 6.92 Å². The molecular weight excluding hydrogens is 232 g/mol. The minimum absolute atomic E-state index is 0.167. The van der Waals surface area contributed by atoms with Crippen LogP contribution in [0.1, 0.15) is 29.4 Å². The molecule has 0 aromatic carbocycles. The van der Waals surface area contributed by atoms with Gasteiger partial charge in [0.05, 0.1) is 18.0 Å². The first-order valence-electron chi connectivity index (χ1n) is 5.66. The van der Waals surface area contributed by atoms with Crippen LogP contribution in [-0.2, 0) is 17.8 Å². The average molecular weight is 246 g/mol. The third-order valence-corrected chi connectivity index (χ3v) is 2.89. The highest BCUT2D eigenvalue weighted by Crippen LogP contribution is 2.13. The van der Waals surface area contributed by atoms with Gasteiger partial charge in [-0.2, -0.15) is 9.78 Å². The van der Waals surface area contributed by atoms with Crippen LogP contribution in [0.3, 0.4) is 0 Å². The summed E-state index contributed by atoms with van der Waals surface area (Å²) in [4.78, 5) is 16.6. The van der Waals surface area contributed by atoms with Crippen molar-refractivity contribution < 1.29 is 4.74 Å². The summed E-state index contributed by atoms with van der Waals surface area (Å²) < 4.78 is 6.38. The number of nitrogens with one attached hydrogen (secondary N) is 1. The zero-order valence-corrected chi connectivity index (χ0v) is 10.6. The Morgan fingerprint density at radius 2 is 2.28 bits per heavy atom. The molecule has 6 heteroatoms. The molecule has 0 radical (unpaired) electrons. The maximum absolute atomic E-state index is 12.3. The predicted octanol–water partition coefficient (Wildman–Crippen LogP) is 0.911. The third kappa shape index (κ3) is 1.69. The number of H-pyrrole nitrogens is 1. The number of rotatable bonds is 3. The van der Waals surface area contributed by atoms with Crippen molar-refractivity contribution in [3.05, 3.63) is 32.9 Å². The Kier molecular flexibility index (Phi) is 3.17. The number of hydrogen-bond donors (Lipinski definition) is 1. The Balaban J connectivity index is 2.87. The molecular formula is C12H14N4O2. The van der Waals surface area contributed by atoms with Crippen LogP contribution < -0.4 is 5.56 Å². The van der Waals surface area contributed by atoms with Gasteiger partial charge in [-0.25, -0.2) is 4.98 Å². The molecule has 0 spiro atoms. The Bertz CT molecular complexity index is 691. The van der Waals surface area contributed by atoms with Crippen molar-refractivity contribution in [3.63, 3.8) is 0 Å². The van der Waals surface area contributed by atoms with Crippen molar-refractivity contribution in [3.8, 4) is 6.07 Å². The van der Waals surface area contributed by atoms with Gasteiger partial charge in [-0.3, -0.25) is 9.89 Å². The van der Waals surface area contributed by atoms with Gasteiger partial charge in [-0.1, -0.05) is 6.92 Å². The van der Waals surface area contributed by atoms with E-state index in [1.54, 1.807) is 14.0 Å². The van der Waals surface area contributed by atoms with Crippen molar-refractivity contribution in [2.75, 3.05) is 7.11 Å². The number of aryl methyl sites for hydroxylation is 1. The monoisotopic (exact) mass is 246 g/mol. The Labute approximate surface area is 104 Å². The van der Waals surface area contributed by atoms with Crippen LogP contribution in [0.15, 0.2) is 4.79 Å². The van der Waals surface area contributed by atoms with E-state index in [0.29, 0.717) is 34.6 Å². The van der Waals surface area contributed by atoms with Crippen LogP contribution >= 0.6 is 0 Å². The topological polar surface area (TPSA) is 83.2 Å². The molecule has 2 heterocycles. The Morgan fingerprint density at radius 1 is 1.56 bits per heavy atom. The molecule has 0 aliphatic carbocycles. The predicted molar refractivity (Wildman–Crippen MR) is 65.4 cm³/mol.